The van der Waals surface area contributed by atoms with Crippen molar-refractivity contribution in [2.24, 2.45) is 0 Å². The molecule has 1 fully saturated rings. The molecule has 2 aromatic heterocycles. The summed E-state index contributed by atoms with van der Waals surface area (Å²) >= 11 is 1.85. The van der Waals surface area contributed by atoms with Crippen molar-refractivity contribution < 1.29 is 9.15 Å². The van der Waals surface area contributed by atoms with E-state index in [0.717, 1.165) is 26.0 Å². The van der Waals surface area contributed by atoms with E-state index >= 15 is 0 Å². The van der Waals surface area contributed by atoms with Gasteiger partial charge in [0.05, 0.1) is 12.6 Å². The summed E-state index contributed by atoms with van der Waals surface area (Å²) in [6.07, 6.45) is 4.71. The number of hydrogen-bond acceptors (Lipinski definition) is 6. The maximum atomic E-state index is 5.86. The highest BCUT2D eigenvalue weighted by atomic mass is 32.1. The van der Waals surface area contributed by atoms with Crippen molar-refractivity contribution in [3.05, 3.63) is 33.7 Å². The summed E-state index contributed by atoms with van der Waals surface area (Å²) in [6, 6.07) is 4.42. The molecule has 1 atom stereocenters. The van der Waals surface area contributed by atoms with E-state index in [1.807, 2.05) is 18.3 Å². The predicted molar refractivity (Wildman–Crippen MR) is 85.7 cm³/mol. The molecule has 0 saturated carbocycles. The topological polar surface area (TPSA) is 51.4 Å². The van der Waals surface area contributed by atoms with Crippen LogP contribution in [-0.4, -0.2) is 28.8 Å². The lowest BCUT2D eigenvalue weighted by atomic mass is 10.1. The van der Waals surface area contributed by atoms with Crippen LogP contribution in [0, 0.1) is 0 Å². The quantitative estimate of drug-likeness (QED) is 0.814. The number of ether oxygens (including phenoxy) is 1. The van der Waals surface area contributed by atoms with Gasteiger partial charge in [-0.25, -0.2) is 0 Å². The van der Waals surface area contributed by atoms with Gasteiger partial charge in [0.15, 0.2) is 0 Å². The zero-order valence-corrected chi connectivity index (χ0v) is 14.1. The lowest BCUT2D eigenvalue weighted by Gasteiger charge is -2.21. The zero-order valence-electron chi connectivity index (χ0n) is 13.2. The summed E-state index contributed by atoms with van der Waals surface area (Å²) in [5.74, 6) is 1.39. The van der Waals surface area contributed by atoms with Crippen molar-refractivity contribution in [2.45, 2.75) is 51.8 Å². The average molecular weight is 321 g/mol. The Bertz CT molecular complexity index is 590. The molecule has 22 heavy (non-hydrogen) atoms. The summed E-state index contributed by atoms with van der Waals surface area (Å²) < 4.78 is 11.4. The molecule has 120 valence electrons. The van der Waals surface area contributed by atoms with Crippen molar-refractivity contribution in [1.82, 2.24) is 15.1 Å². The van der Waals surface area contributed by atoms with Gasteiger partial charge in [0.25, 0.3) is 0 Å². The van der Waals surface area contributed by atoms with Crippen LogP contribution < -0.4 is 0 Å². The molecule has 2 aromatic rings. The molecular weight excluding hydrogens is 298 g/mol. The molecule has 0 aromatic carbocycles. The highest BCUT2D eigenvalue weighted by Gasteiger charge is 2.18. The Labute approximate surface area is 135 Å². The average Bonchev–Trinajstić information content (AvgIpc) is 3.17. The van der Waals surface area contributed by atoms with Crippen molar-refractivity contribution in [3.63, 3.8) is 0 Å². The first-order valence-corrected chi connectivity index (χ1v) is 8.76. The summed E-state index contributed by atoms with van der Waals surface area (Å²) in [5, 5.41) is 8.08. The van der Waals surface area contributed by atoms with Gasteiger partial charge in [-0.3, -0.25) is 4.90 Å². The van der Waals surface area contributed by atoms with Gasteiger partial charge in [-0.05, 0) is 38.4 Å². The molecule has 0 aliphatic carbocycles. The smallest absolute Gasteiger partial charge is 0.230 e. The van der Waals surface area contributed by atoms with Gasteiger partial charge in [-0.15, -0.1) is 21.5 Å². The highest BCUT2D eigenvalue weighted by Crippen LogP contribution is 2.33. The minimum Gasteiger partial charge on any atom is -0.424 e. The third-order valence-electron chi connectivity index (χ3n) is 3.82. The van der Waals surface area contributed by atoms with Crippen LogP contribution in [0.2, 0.25) is 0 Å². The van der Waals surface area contributed by atoms with Gasteiger partial charge < -0.3 is 9.15 Å². The van der Waals surface area contributed by atoms with Gasteiger partial charge in [-0.2, -0.15) is 0 Å². The van der Waals surface area contributed by atoms with Gasteiger partial charge in [0, 0.05) is 29.3 Å². The molecule has 1 aliphatic rings. The first-order valence-electron chi connectivity index (χ1n) is 7.94. The SMILES string of the molecule is CCc1nnc(CN(C)Cc2ccc([C@H]3CCCCO3)s2)o1. The minimum atomic E-state index is 0.306. The van der Waals surface area contributed by atoms with E-state index in [4.69, 9.17) is 9.15 Å². The summed E-state index contributed by atoms with van der Waals surface area (Å²) in [7, 11) is 2.08. The van der Waals surface area contributed by atoms with Crippen LogP contribution in [-0.2, 0) is 24.2 Å². The van der Waals surface area contributed by atoms with Crippen molar-refractivity contribution in [1.29, 1.82) is 0 Å². The second kappa shape index (κ2) is 7.35. The fourth-order valence-electron chi connectivity index (χ4n) is 2.67. The Kier molecular flexibility index (Phi) is 5.23. The van der Waals surface area contributed by atoms with E-state index in [-0.39, 0.29) is 0 Å². The molecule has 0 radical (unpaired) electrons. The number of thiophene rings is 1. The Morgan fingerprint density at radius 2 is 2.09 bits per heavy atom. The van der Waals surface area contributed by atoms with Crippen LogP contribution in [0.15, 0.2) is 16.5 Å². The van der Waals surface area contributed by atoms with Gasteiger partial charge in [-0.1, -0.05) is 6.92 Å². The van der Waals surface area contributed by atoms with Crippen LogP contribution >= 0.6 is 11.3 Å². The van der Waals surface area contributed by atoms with Crippen molar-refractivity contribution >= 4 is 11.3 Å². The number of aryl methyl sites for hydroxylation is 1. The molecule has 0 bridgehead atoms. The van der Waals surface area contributed by atoms with Crippen LogP contribution in [0.5, 0.6) is 0 Å². The standard InChI is InChI=1S/C16H23N3O2S/c1-3-15-17-18-16(21-15)11-19(2)10-12-7-8-14(22-12)13-6-4-5-9-20-13/h7-8,13H,3-6,9-11H2,1-2H3/t13-/m1/s1. The van der Waals surface area contributed by atoms with E-state index in [9.17, 15) is 0 Å². The van der Waals surface area contributed by atoms with Crippen LogP contribution in [0.3, 0.4) is 0 Å². The molecule has 1 aliphatic heterocycles. The van der Waals surface area contributed by atoms with E-state index in [1.54, 1.807) is 0 Å². The zero-order chi connectivity index (χ0) is 15.4. The molecule has 0 unspecified atom stereocenters. The minimum absolute atomic E-state index is 0.306. The van der Waals surface area contributed by atoms with Gasteiger partial charge >= 0.3 is 0 Å². The first kappa shape index (κ1) is 15.6. The lowest BCUT2D eigenvalue weighted by Crippen LogP contribution is -2.16. The Morgan fingerprint density at radius 1 is 1.23 bits per heavy atom. The fourth-order valence-corrected chi connectivity index (χ4v) is 3.84. The summed E-state index contributed by atoms with van der Waals surface area (Å²) in [5.41, 5.74) is 0. The molecule has 3 heterocycles. The number of nitrogens with zero attached hydrogens (tertiary/aromatic N) is 3. The third-order valence-corrected chi connectivity index (χ3v) is 4.98. The Hall–Kier alpha value is -1.24. The fraction of sp³-hybridized carbons (Fsp3) is 0.625. The van der Waals surface area contributed by atoms with E-state index in [2.05, 4.69) is 34.3 Å². The second-order valence-corrected chi connectivity index (χ2v) is 6.97. The molecule has 1 saturated heterocycles. The van der Waals surface area contributed by atoms with Gasteiger partial charge in [0.1, 0.15) is 0 Å². The molecule has 0 spiro atoms. The van der Waals surface area contributed by atoms with Crippen LogP contribution in [0.25, 0.3) is 0 Å². The normalized spacial score (nSPS) is 19.0. The molecule has 0 N–H and O–H groups in total. The molecule has 6 heteroatoms. The largest absolute Gasteiger partial charge is 0.424 e. The van der Waals surface area contributed by atoms with E-state index in [1.165, 1.54) is 22.6 Å². The van der Waals surface area contributed by atoms with Crippen molar-refractivity contribution in [2.75, 3.05) is 13.7 Å². The molecule has 5 nitrogen and oxygen atoms in total. The number of rotatable bonds is 6. The van der Waals surface area contributed by atoms with E-state index in [0.29, 0.717) is 24.4 Å². The lowest BCUT2D eigenvalue weighted by molar-refractivity contribution is 0.0172. The number of hydrogen-bond donors (Lipinski definition) is 0. The van der Waals surface area contributed by atoms with Gasteiger partial charge in [0.2, 0.25) is 11.8 Å². The van der Waals surface area contributed by atoms with Crippen LogP contribution in [0.1, 0.15) is 53.8 Å². The first-order chi connectivity index (χ1) is 10.7. The highest BCUT2D eigenvalue weighted by molar-refractivity contribution is 7.12. The second-order valence-electron chi connectivity index (χ2n) is 5.77. The number of aromatic nitrogens is 2. The molecule has 0 amide bonds. The molecule has 3 rings (SSSR count). The maximum absolute atomic E-state index is 5.86. The van der Waals surface area contributed by atoms with Crippen molar-refractivity contribution in [3.8, 4) is 0 Å². The predicted octanol–water partition coefficient (Wildman–Crippen LogP) is 3.57. The molecular formula is C16H23N3O2S. The summed E-state index contributed by atoms with van der Waals surface area (Å²) in [4.78, 5) is 4.90. The monoisotopic (exact) mass is 321 g/mol. The Morgan fingerprint density at radius 3 is 2.82 bits per heavy atom. The maximum Gasteiger partial charge on any atom is 0.230 e. The third kappa shape index (κ3) is 3.94. The van der Waals surface area contributed by atoms with E-state index < -0.39 is 0 Å². The van der Waals surface area contributed by atoms with Crippen LogP contribution in [0.4, 0.5) is 0 Å². The Balaban J connectivity index is 1.54. The summed E-state index contributed by atoms with van der Waals surface area (Å²) in [6.45, 7) is 4.48.